The number of piperazine rings is 1. The number of rotatable bonds is 5. The van der Waals surface area contributed by atoms with Crippen molar-refractivity contribution < 1.29 is 0 Å². The first kappa shape index (κ1) is 21.1. The molecule has 2 heterocycles. The molecule has 2 aromatic rings. The zero-order valence-corrected chi connectivity index (χ0v) is 15.8. The van der Waals surface area contributed by atoms with Gasteiger partial charge in [-0.2, -0.15) is 0 Å². The number of fused-ring (bicyclic) bond motifs is 1. The van der Waals surface area contributed by atoms with Crippen LogP contribution in [-0.2, 0) is 0 Å². The van der Waals surface area contributed by atoms with Crippen molar-refractivity contribution in [3.63, 3.8) is 0 Å². The highest BCUT2D eigenvalue weighted by atomic mass is 35.5. The summed E-state index contributed by atoms with van der Waals surface area (Å²) in [5.74, 6) is 0.888. The Morgan fingerprint density at radius 3 is 2.67 bits per heavy atom. The molecule has 0 saturated carbocycles. The Morgan fingerprint density at radius 1 is 1.21 bits per heavy atom. The number of nitrogens with one attached hydrogen (secondary N) is 2. The third-order valence-corrected chi connectivity index (χ3v) is 4.15. The summed E-state index contributed by atoms with van der Waals surface area (Å²) in [6.45, 7) is 5.40. The van der Waals surface area contributed by atoms with Crippen LogP contribution < -0.4 is 21.3 Å². The van der Waals surface area contributed by atoms with Gasteiger partial charge in [-0.3, -0.25) is 0 Å². The lowest BCUT2D eigenvalue weighted by Crippen LogP contribution is -2.44. The summed E-state index contributed by atoms with van der Waals surface area (Å²) < 4.78 is 0. The highest BCUT2D eigenvalue weighted by Gasteiger charge is 2.15. The highest BCUT2D eigenvalue weighted by Crippen LogP contribution is 2.29. The Labute approximate surface area is 160 Å². The van der Waals surface area contributed by atoms with Crippen LogP contribution >= 0.6 is 36.4 Å². The number of aromatic nitrogens is 1. The third-order valence-electron chi connectivity index (χ3n) is 3.88. The van der Waals surface area contributed by atoms with Gasteiger partial charge >= 0.3 is 0 Å². The van der Waals surface area contributed by atoms with E-state index in [2.05, 4.69) is 27.7 Å². The number of halogens is 3. The molecular formula is C16H24Cl3N5. The van der Waals surface area contributed by atoms with Crippen LogP contribution in [0.5, 0.6) is 0 Å². The summed E-state index contributed by atoms with van der Waals surface area (Å²) in [6.07, 6.45) is 0.957. The highest BCUT2D eigenvalue weighted by molar-refractivity contribution is 6.33. The van der Waals surface area contributed by atoms with E-state index in [0.29, 0.717) is 11.6 Å². The molecule has 1 aromatic heterocycles. The second-order valence-corrected chi connectivity index (χ2v) is 5.91. The molecule has 0 unspecified atom stereocenters. The van der Waals surface area contributed by atoms with E-state index in [-0.39, 0.29) is 24.8 Å². The van der Waals surface area contributed by atoms with Gasteiger partial charge in [-0.05, 0) is 37.2 Å². The fourth-order valence-electron chi connectivity index (χ4n) is 2.68. The molecule has 1 fully saturated rings. The van der Waals surface area contributed by atoms with Gasteiger partial charge in [0.05, 0.1) is 10.5 Å². The van der Waals surface area contributed by atoms with Crippen molar-refractivity contribution in [2.24, 2.45) is 5.73 Å². The maximum atomic E-state index is 6.45. The predicted molar refractivity (Wildman–Crippen MR) is 108 cm³/mol. The molecule has 5 nitrogen and oxygen atoms in total. The molecule has 3 rings (SSSR count). The molecule has 0 spiro atoms. The van der Waals surface area contributed by atoms with Gasteiger partial charge in [0.2, 0.25) is 0 Å². The van der Waals surface area contributed by atoms with Crippen LogP contribution in [-0.4, -0.2) is 44.3 Å². The Morgan fingerprint density at radius 2 is 1.96 bits per heavy atom. The van der Waals surface area contributed by atoms with Gasteiger partial charge < -0.3 is 21.3 Å². The maximum Gasteiger partial charge on any atom is 0.148 e. The number of benzene rings is 1. The molecule has 0 amide bonds. The van der Waals surface area contributed by atoms with Crippen LogP contribution in [0.3, 0.4) is 0 Å². The Hall–Kier alpha value is -0.980. The van der Waals surface area contributed by atoms with E-state index in [4.69, 9.17) is 22.3 Å². The number of nitrogens with two attached hydrogens (primary N) is 1. The first-order valence-electron chi connectivity index (χ1n) is 7.78. The molecule has 4 N–H and O–H groups in total. The minimum atomic E-state index is 0. The van der Waals surface area contributed by atoms with E-state index >= 15 is 0 Å². The molecule has 1 aromatic carbocycles. The number of hydrogen-bond donors (Lipinski definition) is 3. The topological polar surface area (TPSA) is 66.2 Å². The smallest absolute Gasteiger partial charge is 0.148 e. The van der Waals surface area contributed by atoms with Crippen LogP contribution in [0.2, 0.25) is 5.02 Å². The second-order valence-electron chi connectivity index (χ2n) is 5.51. The van der Waals surface area contributed by atoms with E-state index in [0.717, 1.165) is 61.6 Å². The average molecular weight is 393 g/mol. The number of nitrogens with zero attached hydrogens (tertiary/aromatic N) is 2. The van der Waals surface area contributed by atoms with E-state index in [1.807, 2.05) is 12.1 Å². The van der Waals surface area contributed by atoms with Gasteiger partial charge in [-0.15, -0.1) is 24.8 Å². The van der Waals surface area contributed by atoms with Crippen molar-refractivity contribution in [3.8, 4) is 0 Å². The molecule has 24 heavy (non-hydrogen) atoms. The normalized spacial score (nSPS) is 14.0. The quantitative estimate of drug-likeness (QED) is 0.683. The maximum absolute atomic E-state index is 6.45. The molecule has 1 aliphatic heterocycles. The van der Waals surface area contributed by atoms with E-state index in [9.17, 15) is 0 Å². The van der Waals surface area contributed by atoms with Crippen LogP contribution in [0.1, 0.15) is 6.42 Å². The van der Waals surface area contributed by atoms with Gasteiger partial charge in [0, 0.05) is 43.8 Å². The monoisotopic (exact) mass is 391 g/mol. The number of pyridine rings is 1. The second kappa shape index (κ2) is 10.1. The standard InChI is InChI=1S/C16H22ClN5.2ClH/c17-14-11-12-10-13(20-5-1-4-18)2-3-15(12)21-16(14)22-8-6-19-7-9-22;;/h2-3,10-11,19-20H,1,4-9,18H2;2*1H. The fourth-order valence-corrected chi connectivity index (χ4v) is 2.96. The fraction of sp³-hybridized carbons (Fsp3) is 0.438. The zero-order chi connectivity index (χ0) is 15.4. The average Bonchev–Trinajstić information content (AvgIpc) is 2.55. The first-order chi connectivity index (χ1) is 10.8. The van der Waals surface area contributed by atoms with Crippen LogP contribution in [0.4, 0.5) is 11.5 Å². The SMILES string of the molecule is Cl.Cl.NCCCNc1ccc2nc(N3CCNCC3)c(Cl)cc2c1. The Balaban J connectivity index is 0.00000144. The summed E-state index contributed by atoms with van der Waals surface area (Å²) in [7, 11) is 0. The van der Waals surface area contributed by atoms with Crippen molar-refractivity contribution >= 4 is 58.8 Å². The van der Waals surface area contributed by atoms with Gasteiger partial charge in [0.1, 0.15) is 5.82 Å². The molecule has 1 saturated heterocycles. The zero-order valence-electron chi connectivity index (χ0n) is 13.4. The van der Waals surface area contributed by atoms with Gasteiger partial charge in [-0.25, -0.2) is 4.98 Å². The van der Waals surface area contributed by atoms with Crippen molar-refractivity contribution in [1.82, 2.24) is 10.3 Å². The van der Waals surface area contributed by atoms with Gasteiger partial charge in [0.25, 0.3) is 0 Å². The summed E-state index contributed by atoms with van der Waals surface area (Å²) in [5, 5.41) is 8.48. The minimum absolute atomic E-state index is 0. The largest absolute Gasteiger partial charge is 0.385 e. The first-order valence-corrected chi connectivity index (χ1v) is 8.15. The molecule has 0 bridgehead atoms. The third kappa shape index (κ3) is 5.01. The minimum Gasteiger partial charge on any atom is -0.385 e. The van der Waals surface area contributed by atoms with E-state index < -0.39 is 0 Å². The van der Waals surface area contributed by atoms with E-state index in [1.54, 1.807) is 0 Å². The number of anilines is 2. The molecular weight excluding hydrogens is 369 g/mol. The van der Waals surface area contributed by atoms with Crippen LogP contribution in [0.25, 0.3) is 10.9 Å². The summed E-state index contributed by atoms with van der Waals surface area (Å²) in [6, 6.07) is 8.20. The molecule has 134 valence electrons. The summed E-state index contributed by atoms with van der Waals surface area (Å²) in [4.78, 5) is 7.00. The molecule has 0 radical (unpaired) electrons. The Kier molecular flexibility index (Phi) is 8.87. The molecule has 0 aliphatic carbocycles. The lowest BCUT2D eigenvalue weighted by molar-refractivity contribution is 0.585. The summed E-state index contributed by atoms with van der Waals surface area (Å²) in [5.41, 5.74) is 7.57. The Bertz CT molecular complexity index is 647. The van der Waals surface area contributed by atoms with Crippen molar-refractivity contribution in [1.29, 1.82) is 0 Å². The van der Waals surface area contributed by atoms with Crippen LogP contribution in [0.15, 0.2) is 24.3 Å². The number of hydrogen-bond acceptors (Lipinski definition) is 5. The van der Waals surface area contributed by atoms with Crippen molar-refractivity contribution in [2.75, 3.05) is 49.5 Å². The van der Waals surface area contributed by atoms with Crippen molar-refractivity contribution in [3.05, 3.63) is 29.3 Å². The molecule has 0 atom stereocenters. The molecule has 8 heteroatoms. The summed E-state index contributed by atoms with van der Waals surface area (Å²) >= 11 is 6.45. The van der Waals surface area contributed by atoms with Crippen LogP contribution in [0, 0.1) is 0 Å². The molecule has 1 aliphatic rings. The van der Waals surface area contributed by atoms with E-state index in [1.165, 1.54) is 0 Å². The lowest BCUT2D eigenvalue weighted by atomic mass is 10.2. The van der Waals surface area contributed by atoms with Gasteiger partial charge in [0.15, 0.2) is 0 Å². The van der Waals surface area contributed by atoms with Crippen molar-refractivity contribution in [2.45, 2.75) is 6.42 Å². The van der Waals surface area contributed by atoms with Gasteiger partial charge in [-0.1, -0.05) is 11.6 Å². The lowest BCUT2D eigenvalue weighted by Gasteiger charge is -2.29. The predicted octanol–water partition coefficient (Wildman–Crippen LogP) is 2.90.